The van der Waals surface area contributed by atoms with Gasteiger partial charge in [-0.15, -0.1) is 11.3 Å². The molecule has 216 valence electrons. The lowest BCUT2D eigenvalue weighted by molar-refractivity contribution is 1.31. The van der Waals surface area contributed by atoms with Crippen LogP contribution in [0.4, 0.5) is 17.1 Å². The van der Waals surface area contributed by atoms with Gasteiger partial charge in [0.2, 0.25) is 0 Å². The number of hydrogen-bond donors (Lipinski definition) is 0. The number of nitrogens with zero attached hydrogens (tertiary/aromatic N) is 1. The molecule has 0 aliphatic carbocycles. The highest BCUT2D eigenvalue weighted by Gasteiger charge is 2.24. The SMILES string of the molecule is c1ccc(-c2ccc(N(c3ccc4c(c3)sc3ccccc34)c3c(-c4ccccc4)c4ccccc4c4ccccc34)cc2)cc1. The molecule has 9 aromatic rings. The molecule has 0 N–H and O–H groups in total. The molecule has 1 heterocycles. The molecule has 0 radical (unpaired) electrons. The van der Waals surface area contributed by atoms with Crippen LogP contribution in [0.2, 0.25) is 0 Å². The molecular formula is C44H29NS. The minimum absolute atomic E-state index is 1.12. The van der Waals surface area contributed by atoms with E-state index in [1.807, 2.05) is 11.3 Å². The summed E-state index contributed by atoms with van der Waals surface area (Å²) in [6.45, 7) is 0. The molecule has 46 heavy (non-hydrogen) atoms. The molecule has 1 nitrogen and oxygen atoms in total. The van der Waals surface area contributed by atoms with Crippen LogP contribution in [0, 0.1) is 0 Å². The predicted octanol–water partition coefficient (Wildman–Crippen LogP) is 13.2. The molecule has 8 aromatic carbocycles. The van der Waals surface area contributed by atoms with Gasteiger partial charge in [-0.2, -0.15) is 0 Å². The van der Waals surface area contributed by atoms with Crippen LogP contribution in [0.1, 0.15) is 0 Å². The van der Waals surface area contributed by atoms with Crippen LogP contribution >= 0.6 is 11.3 Å². The van der Waals surface area contributed by atoms with Gasteiger partial charge in [0.25, 0.3) is 0 Å². The van der Waals surface area contributed by atoms with Gasteiger partial charge in [0.05, 0.1) is 5.69 Å². The van der Waals surface area contributed by atoms with E-state index in [0.717, 1.165) is 11.4 Å². The number of fused-ring (bicyclic) bond motifs is 6. The third kappa shape index (κ3) is 4.38. The number of rotatable bonds is 5. The van der Waals surface area contributed by atoms with Gasteiger partial charge in [-0.3, -0.25) is 0 Å². The fourth-order valence-corrected chi connectivity index (χ4v) is 8.09. The van der Waals surface area contributed by atoms with Crippen molar-refractivity contribution in [2.75, 3.05) is 4.90 Å². The second-order valence-corrected chi connectivity index (χ2v) is 12.8. The topological polar surface area (TPSA) is 3.24 Å². The quantitative estimate of drug-likeness (QED) is 0.177. The lowest BCUT2D eigenvalue weighted by Crippen LogP contribution is -2.12. The van der Waals surface area contributed by atoms with Crippen LogP contribution in [0.15, 0.2) is 176 Å². The van der Waals surface area contributed by atoms with E-state index < -0.39 is 0 Å². The van der Waals surface area contributed by atoms with Gasteiger partial charge in [-0.05, 0) is 63.2 Å². The minimum Gasteiger partial charge on any atom is -0.309 e. The molecule has 0 aliphatic rings. The average molecular weight is 604 g/mol. The standard InChI is InChI=1S/C44H29NS/c1-3-13-30(14-4-1)31-23-25-33(26-24-31)45(34-27-28-38-37-19-11-12-22-41(37)46-42(38)29-34)44-40-21-10-8-18-36(40)35-17-7-9-20-39(35)43(44)32-15-5-2-6-16-32/h1-29H. The van der Waals surface area contributed by atoms with Crippen molar-refractivity contribution in [3.05, 3.63) is 176 Å². The fraction of sp³-hybridized carbons (Fsp3) is 0. The van der Waals surface area contributed by atoms with Crippen molar-refractivity contribution in [2.45, 2.75) is 0 Å². The molecule has 9 rings (SSSR count). The highest BCUT2D eigenvalue weighted by Crippen LogP contribution is 2.50. The lowest BCUT2D eigenvalue weighted by Gasteiger charge is -2.31. The third-order valence-electron chi connectivity index (χ3n) is 9.04. The van der Waals surface area contributed by atoms with Gasteiger partial charge in [0.15, 0.2) is 0 Å². The summed E-state index contributed by atoms with van der Waals surface area (Å²) >= 11 is 1.86. The predicted molar refractivity (Wildman–Crippen MR) is 200 cm³/mol. The molecule has 0 saturated heterocycles. The zero-order valence-corrected chi connectivity index (χ0v) is 25.9. The van der Waals surface area contributed by atoms with Crippen molar-refractivity contribution >= 4 is 70.1 Å². The molecule has 0 fully saturated rings. The van der Waals surface area contributed by atoms with Crippen molar-refractivity contribution in [3.8, 4) is 22.3 Å². The zero-order valence-electron chi connectivity index (χ0n) is 25.1. The van der Waals surface area contributed by atoms with Gasteiger partial charge in [-0.25, -0.2) is 0 Å². The first-order valence-electron chi connectivity index (χ1n) is 15.7. The Bertz CT molecular complexity index is 2510. The first kappa shape index (κ1) is 26.7. The molecule has 0 bridgehead atoms. The summed E-state index contributed by atoms with van der Waals surface area (Å²) in [5.41, 5.74) is 8.31. The smallest absolute Gasteiger partial charge is 0.0624 e. The first-order valence-corrected chi connectivity index (χ1v) is 16.5. The van der Waals surface area contributed by atoms with E-state index in [2.05, 4.69) is 181 Å². The summed E-state index contributed by atoms with van der Waals surface area (Å²) in [4.78, 5) is 2.48. The summed E-state index contributed by atoms with van der Waals surface area (Å²) < 4.78 is 2.60. The summed E-state index contributed by atoms with van der Waals surface area (Å²) in [5.74, 6) is 0. The van der Waals surface area contributed by atoms with E-state index in [1.165, 1.54) is 69.7 Å². The Balaban J connectivity index is 1.38. The molecule has 0 spiro atoms. The maximum Gasteiger partial charge on any atom is 0.0624 e. The van der Waals surface area contributed by atoms with Crippen LogP contribution in [0.25, 0.3) is 64.0 Å². The Labute approximate surface area is 272 Å². The van der Waals surface area contributed by atoms with Crippen LogP contribution in [0.3, 0.4) is 0 Å². The molecule has 2 heteroatoms. The second-order valence-electron chi connectivity index (χ2n) is 11.7. The van der Waals surface area contributed by atoms with E-state index in [4.69, 9.17) is 0 Å². The van der Waals surface area contributed by atoms with E-state index in [9.17, 15) is 0 Å². The van der Waals surface area contributed by atoms with Crippen molar-refractivity contribution in [2.24, 2.45) is 0 Å². The normalized spacial score (nSPS) is 11.5. The summed E-state index contributed by atoms with van der Waals surface area (Å²) in [6, 6.07) is 64.0. The third-order valence-corrected chi connectivity index (χ3v) is 10.2. The Hall–Kier alpha value is -5.70. The zero-order chi connectivity index (χ0) is 30.5. The monoisotopic (exact) mass is 603 g/mol. The van der Waals surface area contributed by atoms with Crippen LogP contribution < -0.4 is 4.90 Å². The minimum atomic E-state index is 1.12. The highest BCUT2D eigenvalue weighted by atomic mass is 32.1. The maximum atomic E-state index is 2.48. The molecular weight excluding hydrogens is 575 g/mol. The Morgan fingerprint density at radius 3 is 1.54 bits per heavy atom. The van der Waals surface area contributed by atoms with Gasteiger partial charge < -0.3 is 4.90 Å². The van der Waals surface area contributed by atoms with Gasteiger partial charge in [-0.1, -0.05) is 146 Å². The van der Waals surface area contributed by atoms with E-state index in [0.29, 0.717) is 0 Å². The van der Waals surface area contributed by atoms with E-state index in [-0.39, 0.29) is 0 Å². The molecule has 0 aliphatic heterocycles. The second kappa shape index (κ2) is 11.0. The Morgan fingerprint density at radius 2 is 0.826 bits per heavy atom. The van der Waals surface area contributed by atoms with Crippen LogP contribution in [-0.4, -0.2) is 0 Å². The van der Waals surface area contributed by atoms with Crippen molar-refractivity contribution in [1.82, 2.24) is 0 Å². The van der Waals surface area contributed by atoms with Crippen molar-refractivity contribution in [3.63, 3.8) is 0 Å². The van der Waals surface area contributed by atoms with Crippen molar-refractivity contribution < 1.29 is 0 Å². The number of thiophene rings is 1. The average Bonchev–Trinajstić information content (AvgIpc) is 3.51. The van der Waals surface area contributed by atoms with E-state index in [1.54, 1.807) is 0 Å². The molecule has 0 amide bonds. The van der Waals surface area contributed by atoms with E-state index >= 15 is 0 Å². The number of anilines is 3. The van der Waals surface area contributed by atoms with Gasteiger partial charge in [0.1, 0.15) is 0 Å². The number of benzene rings is 8. The summed E-state index contributed by atoms with van der Waals surface area (Å²) in [5, 5.41) is 7.60. The molecule has 0 atom stereocenters. The van der Waals surface area contributed by atoms with Crippen LogP contribution in [0.5, 0.6) is 0 Å². The summed E-state index contributed by atoms with van der Waals surface area (Å²) in [6.07, 6.45) is 0. The largest absolute Gasteiger partial charge is 0.309 e. The van der Waals surface area contributed by atoms with Crippen molar-refractivity contribution in [1.29, 1.82) is 0 Å². The van der Waals surface area contributed by atoms with Gasteiger partial charge in [0, 0.05) is 42.5 Å². The fourth-order valence-electron chi connectivity index (χ4n) is 6.95. The van der Waals surface area contributed by atoms with Gasteiger partial charge >= 0.3 is 0 Å². The lowest BCUT2D eigenvalue weighted by atomic mass is 9.90. The first-order chi connectivity index (χ1) is 22.8. The Morgan fingerprint density at radius 1 is 0.326 bits per heavy atom. The maximum absolute atomic E-state index is 2.48. The molecule has 1 aromatic heterocycles. The molecule has 0 saturated carbocycles. The molecule has 0 unspecified atom stereocenters. The highest BCUT2D eigenvalue weighted by molar-refractivity contribution is 7.25. The summed E-state index contributed by atoms with van der Waals surface area (Å²) in [7, 11) is 0. The Kier molecular flexibility index (Phi) is 6.40. The van der Waals surface area contributed by atoms with Crippen LogP contribution in [-0.2, 0) is 0 Å². The number of hydrogen-bond acceptors (Lipinski definition) is 2.